The first-order valence-corrected chi connectivity index (χ1v) is 7.79. The van der Waals surface area contributed by atoms with Crippen molar-refractivity contribution >= 4 is 34.9 Å². The van der Waals surface area contributed by atoms with E-state index in [1.54, 1.807) is 24.3 Å². The van der Waals surface area contributed by atoms with Crippen molar-refractivity contribution in [2.75, 3.05) is 0 Å². The minimum absolute atomic E-state index is 0.412. The molecule has 25 heavy (non-hydrogen) atoms. The molecule has 0 aliphatic heterocycles. The van der Waals surface area contributed by atoms with E-state index >= 15 is 0 Å². The number of nitrogens with one attached hydrogen (secondary N) is 2. The van der Waals surface area contributed by atoms with Gasteiger partial charge in [-0.05, 0) is 36.8 Å². The number of hydrogen-bond donors (Lipinski definition) is 3. The summed E-state index contributed by atoms with van der Waals surface area (Å²) in [6.45, 7) is 1.42. The van der Waals surface area contributed by atoms with Gasteiger partial charge in [0.05, 0.1) is 11.2 Å². The molecule has 3 aromatic rings. The van der Waals surface area contributed by atoms with Gasteiger partial charge in [0.15, 0.2) is 0 Å². The number of carbonyl (C=O) groups is 2. The fourth-order valence-corrected chi connectivity index (χ4v) is 2.37. The third kappa shape index (κ3) is 3.74. The molecule has 0 aliphatic carbocycles. The monoisotopic (exact) mass is 335 g/mol. The van der Waals surface area contributed by atoms with Crippen molar-refractivity contribution < 1.29 is 14.7 Å². The lowest BCUT2D eigenvalue weighted by molar-refractivity contribution is -0.138. The molecule has 0 spiro atoms. The highest BCUT2D eigenvalue weighted by molar-refractivity contribution is 5.96. The van der Waals surface area contributed by atoms with Gasteiger partial charge in [-0.25, -0.2) is 0 Å². The van der Waals surface area contributed by atoms with Gasteiger partial charge in [-0.3, -0.25) is 14.7 Å². The lowest BCUT2D eigenvalue weighted by Gasteiger charge is -2.09. The Morgan fingerprint density at radius 2 is 1.84 bits per heavy atom. The quantitative estimate of drug-likeness (QED) is 0.668. The second-order valence-corrected chi connectivity index (χ2v) is 5.64. The molecule has 1 heterocycles. The van der Waals surface area contributed by atoms with E-state index in [1.807, 2.05) is 36.4 Å². The average molecular weight is 335 g/mol. The molecule has 2 aromatic carbocycles. The number of hydrogen-bond acceptors (Lipinski definition) is 3. The van der Waals surface area contributed by atoms with Crippen LogP contribution in [0.1, 0.15) is 28.5 Å². The molecule has 0 saturated heterocycles. The number of amides is 1. The number of benzene rings is 2. The van der Waals surface area contributed by atoms with Gasteiger partial charge in [0.2, 0.25) is 0 Å². The topological polar surface area (TPSA) is 95.1 Å². The summed E-state index contributed by atoms with van der Waals surface area (Å²) in [5.41, 5.74) is 3.14. The highest BCUT2D eigenvalue weighted by atomic mass is 16.4. The molecule has 1 aromatic heterocycles. The highest BCUT2D eigenvalue weighted by Gasteiger charge is 2.14. The molecule has 6 nitrogen and oxygen atoms in total. The molecule has 3 rings (SSSR count). The molecule has 0 radical (unpaired) electrons. The highest BCUT2D eigenvalue weighted by Crippen LogP contribution is 2.17. The van der Waals surface area contributed by atoms with Gasteiger partial charge >= 0.3 is 5.97 Å². The fraction of sp³-hybridized carbons (Fsp3) is 0.105. The summed E-state index contributed by atoms with van der Waals surface area (Å²) < 4.78 is 0. The van der Waals surface area contributed by atoms with E-state index in [1.165, 1.54) is 6.92 Å². The van der Waals surface area contributed by atoms with Gasteiger partial charge in [-0.15, -0.1) is 0 Å². The summed E-state index contributed by atoms with van der Waals surface area (Å²) in [6.07, 6.45) is 3.81. The Labute approximate surface area is 144 Å². The molecule has 1 atom stereocenters. The summed E-state index contributed by atoms with van der Waals surface area (Å²) >= 11 is 0. The van der Waals surface area contributed by atoms with Crippen LogP contribution in [-0.4, -0.2) is 33.2 Å². The molecule has 126 valence electrons. The zero-order valence-electron chi connectivity index (χ0n) is 13.6. The van der Waals surface area contributed by atoms with E-state index in [4.69, 9.17) is 5.11 Å². The smallest absolute Gasteiger partial charge is 0.325 e. The first-order valence-electron chi connectivity index (χ1n) is 7.79. The van der Waals surface area contributed by atoms with Crippen molar-refractivity contribution in [3.63, 3.8) is 0 Å². The van der Waals surface area contributed by atoms with Crippen LogP contribution in [0.4, 0.5) is 0 Å². The van der Waals surface area contributed by atoms with E-state index < -0.39 is 17.9 Å². The number of fused-ring (bicyclic) bond motifs is 1. The number of carbonyl (C=O) groups excluding carboxylic acids is 1. The van der Waals surface area contributed by atoms with Gasteiger partial charge in [0.25, 0.3) is 5.91 Å². The Morgan fingerprint density at radius 3 is 2.56 bits per heavy atom. The Morgan fingerprint density at radius 1 is 1.12 bits per heavy atom. The molecule has 6 heteroatoms. The van der Waals surface area contributed by atoms with Crippen molar-refractivity contribution in [3.05, 3.63) is 65.4 Å². The standard InChI is InChI=1S/C19H17N3O3/c1-12(19(24)25)20-18(23)14-9-6-13(7-10-14)8-11-17-15-4-2-3-5-16(15)21-22-17/h2-12H,1H3,(H,20,23)(H,21,22)(H,24,25). The molecule has 1 amide bonds. The van der Waals surface area contributed by atoms with Crippen molar-refractivity contribution in [1.29, 1.82) is 0 Å². The van der Waals surface area contributed by atoms with Crippen LogP contribution in [0.2, 0.25) is 0 Å². The second kappa shape index (κ2) is 7.00. The molecule has 1 unspecified atom stereocenters. The molecule has 3 N–H and O–H groups in total. The van der Waals surface area contributed by atoms with E-state index in [0.29, 0.717) is 5.56 Å². The lowest BCUT2D eigenvalue weighted by Crippen LogP contribution is -2.38. The Balaban J connectivity index is 1.72. The Hall–Kier alpha value is -3.41. The van der Waals surface area contributed by atoms with Gasteiger partial charge < -0.3 is 10.4 Å². The van der Waals surface area contributed by atoms with E-state index in [-0.39, 0.29) is 0 Å². The van der Waals surface area contributed by atoms with Gasteiger partial charge in [-0.1, -0.05) is 36.4 Å². The number of nitrogens with zero attached hydrogens (tertiary/aromatic N) is 1. The van der Waals surface area contributed by atoms with Crippen LogP contribution < -0.4 is 5.32 Å². The van der Waals surface area contributed by atoms with Crippen LogP contribution in [0.25, 0.3) is 23.1 Å². The fourth-order valence-electron chi connectivity index (χ4n) is 2.37. The second-order valence-electron chi connectivity index (χ2n) is 5.64. The minimum atomic E-state index is -1.07. The van der Waals surface area contributed by atoms with Crippen LogP contribution in [0.3, 0.4) is 0 Å². The zero-order chi connectivity index (χ0) is 17.8. The molecule has 0 saturated carbocycles. The zero-order valence-corrected chi connectivity index (χ0v) is 13.6. The average Bonchev–Trinajstić information content (AvgIpc) is 3.03. The number of aliphatic carboxylic acids is 1. The van der Waals surface area contributed by atoms with Crippen molar-refractivity contribution in [2.45, 2.75) is 13.0 Å². The van der Waals surface area contributed by atoms with Crippen LogP contribution in [0, 0.1) is 0 Å². The largest absolute Gasteiger partial charge is 0.480 e. The number of carboxylic acid groups (broad SMARTS) is 1. The maximum absolute atomic E-state index is 12.0. The predicted molar refractivity (Wildman–Crippen MR) is 96.0 cm³/mol. The maximum Gasteiger partial charge on any atom is 0.325 e. The summed E-state index contributed by atoms with van der Waals surface area (Å²) in [4.78, 5) is 22.7. The first kappa shape index (κ1) is 16.4. The minimum Gasteiger partial charge on any atom is -0.480 e. The molecular formula is C19H17N3O3. The van der Waals surface area contributed by atoms with Crippen molar-refractivity contribution in [1.82, 2.24) is 15.5 Å². The van der Waals surface area contributed by atoms with Gasteiger partial charge in [0.1, 0.15) is 6.04 Å². The van der Waals surface area contributed by atoms with Crippen molar-refractivity contribution in [2.24, 2.45) is 0 Å². The van der Waals surface area contributed by atoms with Crippen LogP contribution in [0.5, 0.6) is 0 Å². The summed E-state index contributed by atoms with van der Waals surface area (Å²) in [5, 5.41) is 19.5. The number of rotatable bonds is 5. The number of aromatic amines is 1. The number of carboxylic acids is 1. The normalized spacial score (nSPS) is 12.4. The predicted octanol–water partition coefficient (Wildman–Crippen LogP) is 2.94. The Kier molecular flexibility index (Phi) is 4.61. The van der Waals surface area contributed by atoms with E-state index in [0.717, 1.165) is 22.2 Å². The molecule has 0 aliphatic rings. The number of para-hydroxylation sites is 1. The van der Waals surface area contributed by atoms with E-state index in [2.05, 4.69) is 15.5 Å². The molecular weight excluding hydrogens is 318 g/mol. The van der Waals surface area contributed by atoms with Crippen molar-refractivity contribution in [3.8, 4) is 0 Å². The lowest BCUT2D eigenvalue weighted by atomic mass is 10.1. The molecule has 0 fully saturated rings. The molecule has 0 bridgehead atoms. The van der Waals surface area contributed by atoms with Crippen LogP contribution in [-0.2, 0) is 4.79 Å². The number of H-pyrrole nitrogens is 1. The maximum atomic E-state index is 12.0. The van der Waals surface area contributed by atoms with Crippen LogP contribution >= 0.6 is 0 Å². The van der Waals surface area contributed by atoms with Gasteiger partial charge in [0, 0.05) is 10.9 Å². The summed E-state index contributed by atoms with van der Waals surface area (Å²) in [7, 11) is 0. The SMILES string of the molecule is CC(NC(=O)c1ccc(C=Cc2n[nH]c3ccccc23)cc1)C(=O)O. The van der Waals surface area contributed by atoms with E-state index in [9.17, 15) is 9.59 Å². The first-order chi connectivity index (χ1) is 12.0. The summed E-state index contributed by atoms with van der Waals surface area (Å²) in [6, 6.07) is 13.8. The third-order valence-electron chi connectivity index (χ3n) is 3.82. The number of aromatic nitrogens is 2. The third-order valence-corrected chi connectivity index (χ3v) is 3.82. The van der Waals surface area contributed by atoms with Gasteiger partial charge in [-0.2, -0.15) is 5.10 Å². The Bertz CT molecular complexity index is 942. The van der Waals surface area contributed by atoms with Crippen LogP contribution in [0.15, 0.2) is 48.5 Å². The summed E-state index contributed by atoms with van der Waals surface area (Å²) in [5.74, 6) is -1.48.